The predicted molar refractivity (Wildman–Crippen MR) is 216 cm³/mol. The van der Waals surface area contributed by atoms with Crippen molar-refractivity contribution in [1.82, 2.24) is 4.31 Å². The summed E-state index contributed by atoms with van der Waals surface area (Å²) < 4.78 is 64.5. The highest BCUT2D eigenvalue weighted by atomic mass is 32.2. The highest BCUT2D eigenvalue weighted by Crippen LogP contribution is 2.36. The molecular formula is C47H45NO8S. The molecule has 0 unspecified atom stereocenters. The maximum Gasteiger partial charge on any atom is 0.340 e. The molecule has 1 aliphatic heterocycles. The van der Waals surface area contributed by atoms with Gasteiger partial charge in [0, 0.05) is 6.54 Å². The first kappa shape index (κ1) is 39.8. The number of carbonyl (C=O) groups excluding carboxylic acids is 1. The Morgan fingerprint density at radius 2 is 0.982 bits per heavy atom. The number of rotatable bonds is 17. The Balaban J connectivity index is 1.35. The van der Waals surface area contributed by atoms with E-state index in [0.717, 1.165) is 16.7 Å². The number of hydrogen-bond donors (Lipinski definition) is 0. The van der Waals surface area contributed by atoms with E-state index in [1.165, 1.54) is 4.31 Å². The van der Waals surface area contributed by atoms with E-state index in [9.17, 15) is 4.79 Å². The summed E-state index contributed by atoms with van der Waals surface area (Å²) in [5.41, 5.74) is 3.71. The van der Waals surface area contributed by atoms with E-state index in [1.807, 2.05) is 121 Å². The average Bonchev–Trinajstić information content (AvgIpc) is 3.26. The number of benzene rings is 6. The summed E-state index contributed by atoms with van der Waals surface area (Å²) in [5, 5.41) is 0. The normalized spacial score (nSPS) is 19.6. The first-order valence-electron chi connectivity index (χ1n) is 18.9. The lowest BCUT2D eigenvalue weighted by Crippen LogP contribution is -2.67. The lowest BCUT2D eigenvalue weighted by atomic mass is 9.95. The third kappa shape index (κ3) is 10.5. The molecule has 10 heteroatoms. The van der Waals surface area contributed by atoms with Gasteiger partial charge < -0.3 is 23.7 Å². The van der Waals surface area contributed by atoms with Gasteiger partial charge in [0.15, 0.2) is 0 Å². The minimum absolute atomic E-state index is 0.0236. The number of ether oxygens (including phenoxy) is 5. The van der Waals surface area contributed by atoms with Gasteiger partial charge in [0.2, 0.25) is 16.3 Å². The quantitative estimate of drug-likeness (QED) is 0.0854. The van der Waals surface area contributed by atoms with Crippen LogP contribution in [0.5, 0.6) is 0 Å². The molecule has 5 atom stereocenters. The van der Waals surface area contributed by atoms with E-state index in [0.29, 0.717) is 5.56 Å². The molecule has 6 aromatic carbocycles. The fraction of sp³-hybridized carbons (Fsp3) is 0.213. The van der Waals surface area contributed by atoms with Crippen LogP contribution in [0.3, 0.4) is 0 Å². The van der Waals surface area contributed by atoms with Crippen molar-refractivity contribution in [1.29, 1.82) is 0 Å². The zero-order valence-electron chi connectivity index (χ0n) is 31.4. The van der Waals surface area contributed by atoms with E-state index < -0.39 is 46.6 Å². The van der Waals surface area contributed by atoms with E-state index in [4.69, 9.17) is 23.7 Å². The molecule has 6 aromatic rings. The molecule has 0 saturated carbocycles. The van der Waals surface area contributed by atoms with E-state index in [2.05, 4.69) is 0 Å². The van der Waals surface area contributed by atoms with Gasteiger partial charge in [-0.3, -0.25) is 0 Å². The van der Waals surface area contributed by atoms with Crippen molar-refractivity contribution >= 4 is 16.0 Å². The van der Waals surface area contributed by atoms with Crippen molar-refractivity contribution in [2.24, 2.45) is 0 Å². The maximum absolute atomic E-state index is 15.1. The molecule has 9 nitrogen and oxygen atoms in total. The van der Waals surface area contributed by atoms with Crippen LogP contribution in [0.25, 0.3) is 0 Å². The van der Waals surface area contributed by atoms with Crippen LogP contribution < -0.4 is 0 Å². The fourth-order valence-electron chi connectivity index (χ4n) is 6.81. The van der Waals surface area contributed by atoms with Gasteiger partial charge in [0.1, 0.15) is 24.4 Å². The van der Waals surface area contributed by atoms with Crippen molar-refractivity contribution in [2.75, 3.05) is 6.61 Å². The smallest absolute Gasteiger partial charge is 0.340 e. The summed E-state index contributed by atoms with van der Waals surface area (Å²) in [6, 6.07) is 53.8. The van der Waals surface area contributed by atoms with Crippen molar-refractivity contribution in [3.8, 4) is 0 Å². The Bertz CT molecular complexity index is 2220. The van der Waals surface area contributed by atoms with Crippen molar-refractivity contribution in [2.45, 2.75) is 61.9 Å². The Kier molecular flexibility index (Phi) is 13.7. The van der Waals surface area contributed by atoms with Crippen LogP contribution in [0.1, 0.15) is 32.6 Å². The number of hydrogen-bond acceptors (Lipinski definition) is 8. The minimum Gasteiger partial charge on any atom is -0.430 e. The van der Waals surface area contributed by atoms with Crippen molar-refractivity contribution < 1.29 is 36.9 Å². The van der Waals surface area contributed by atoms with Gasteiger partial charge in [-0.1, -0.05) is 158 Å². The molecule has 0 radical (unpaired) electrons. The van der Waals surface area contributed by atoms with E-state index >= 15 is 8.42 Å². The molecule has 292 valence electrons. The van der Waals surface area contributed by atoms with Crippen LogP contribution in [-0.4, -0.2) is 55.9 Å². The van der Waals surface area contributed by atoms with Crippen molar-refractivity contribution in [3.63, 3.8) is 0 Å². The summed E-state index contributed by atoms with van der Waals surface area (Å²) in [6.07, 6.45) is -4.25. The van der Waals surface area contributed by atoms with E-state index in [1.54, 1.807) is 60.7 Å². The monoisotopic (exact) mass is 783 g/mol. The van der Waals surface area contributed by atoms with Crippen LogP contribution >= 0.6 is 0 Å². The predicted octanol–water partition coefficient (Wildman–Crippen LogP) is 8.22. The molecule has 57 heavy (non-hydrogen) atoms. The summed E-state index contributed by atoms with van der Waals surface area (Å²) in [7, 11) is -4.31. The summed E-state index contributed by atoms with van der Waals surface area (Å²) in [6.45, 7) is 0.490. The molecule has 0 aliphatic carbocycles. The van der Waals surface area contributed by atoms with Gasteiger partial charge in [-0.05, 0) is 46.5 Å². The molecule has 0 spiro atoms. The van der Waals surface area contributed by atoms with Crippen LogP contribution in [0.4, 0.5) is 0 Å². The third-order valence-electron chi connectivity index (χ3n) is 9.68. The molecule has 0 aromatic heterocycles. The van der Waals surface area contributed by atoms with Gasteiger partial charge in [0.25, 0.3) is 0 Å². The third-order valence-corrected chi connectivity index (χ3v) is 11.5. The summed E-state index contributed by atoms with van der Waals surface area (Å²) >= 11 is 0. The minimum atomic E-state index is -4.31. The largest absolute Gasteiger partial charge is 0.430 e. The Labute approximate surface area is 334 Å². The molecule has 1 heterocycles. The van der Waals surface area contributed by atoms with Crippen LogP contribution in [0.2, 0.25) is 0 Å². The maximum atomic E-state index is 15.1. The number of nitrogens with zero attached hydrogens (tertiary/aromatic N) is 1. The molecule has 1 aliphatic rings. The Morgan fingerprint density at radius 3 is 1.51 bits per heavy atom. The summed E-state index contributed by atoms with van der Waals surface area (Å²) in [4.78, 5) is 14.0. The van der Waals surface area contributed by atoms with Gasteiger partial charge >= 0.3 is 5.97 Å². The van der Waals surface area contributed by atoms with Crippen LogP contribution in [0.15, 0.2) is 187 Å². The zero-order valence-corrected chi connectivity index (χ0v) is 32.2. The number of carbonyl (C=O) groups is 1. The summed E-state index contributed by atoms with van der Waals surface area (Å²) in [5.74, 6) is -0.684. The number of esters is 1. The van der Waals surface area contributed by atoms with Gasteiger partial charge in [-0.15, -0.1) is 0 Å². The second kappa shape index (κ2) is 19.6. The lowest BCUT2D eigenvalue weighted by Gasteiger charge is -2.48. The van der Waals surface area contributed by atoms with Crippen molar-refractivity contribution in [3.05, 3.63) is 210 Å². The molecule has 1 saturated heterocycles. The van der Waals surface area contributed by atoms with E-state index in [-0.39, 0.29) is 43.4 Å². The first-order chi connectivity index (χ1) is 28.0. The zero-order chi connectivity index (χ0) is 39.3. The highest BCUT2D eigenvalue weighted by molar-refractivity contribution is 7.89. The molecule has 0 bridgehead atoms. The Morgan fingerprint density at radius 1 is 0.544 bits per heavy atom. The molecule has 0 N–H and O–H groups in total. The molecule has 1 fully saturated rings. The molecule has 7 rings (SSSR count). The van der Waals surface area contributed by atoms with Gasteiger partial charge in [-0.2, -0.15) is 4.31 Å². The first-order valence-corrected chi connectivity index (χ1v) is 20.3. The standard InChI is InChI=1S/C47H45NO8S/c49-46(40-27-15-5-16-28-40)56-47-43(48(31-36-19-7-1-8-20-36)57(50,51)41-29-17-6-18-30-41)45(54-34-39-25-13-4-14-26-39)44(53-33-38-23-11-3-12-24-38)42(55-47)35-52-32-37-21-9-2-10-22-37/h1-30,42-45,47H,31-35H2/t42-,43-,44-,45-,47-/m1/s1. The van der Waals surface area contributed by atoms with Gasteiger partial charge in [-0.25, -0.2) is 13.2 Å². The van der Waals surface area contributed by atoms with Crippen LogP contribution in [-0.2, 0) is 60.1 Å². The second-order valence-corrected chi connectivity index (χ2v) is 15.6. The van der Waals surface area contributed by atoms with Crippen LogP contribution in [0, 0.1) is 0 Å². The Hall–Kier alpha value is -5.46. The topological polar surface area (TPSA) is 101 Å². The number of sulfonamides is 1. The SMILES string of the molecule is O=C(O[C@H]1O[C@H](COCc2ccccc2)[C@@H](OCc2ccccc2)[C@H](OCc2ccccc2)[C@H]1N(Cc1ccccc1)S(=O)(=O)c1ccccc1)c1ccccc1. The second-order valence-electron chi connectivity index (χ2n) is 13.7. The molecular weight excluding hydrogens is 739 g/mol. The fourth-order valence-corrected chi connectivity index (χ4v) is 8.44. The molecule has 0 amide bonds. The lowest BCUT2D eigenvalue weighted by molar-refractivity contribution is -0.287. The highest BCUT2D eigenvalue weighted by Gasteiger charge is 2.54. The van der Waals surface area contributed by atoms with Gasteiger partial charge in [0.05, 0.1) is 36.9 Å². The average molecular weight is 784 g/mol.